The summed E-state index contributed by atoms with van der Waals surface area (Å²) < 4.78 is 31.8. The summed E-state index contributed by atoms with van der Waals surface area (Å²) in [5.41, 5.74) is 0. The van der Waals surface area contributed by atoms with E-state index in [4.69, 9.17) is 4.74 Å². The Hall–Kier alpha value is -0.260. The number of hydrogen-bond donors (Lipinski definition) is 1. The zero-order valence-corrected chi connectivity index (χ0v) is 10.2. The van der Waals surface area contributed by atoms with Gasteiger partial charge in [-0.3, -0.25) is 0 Å². The normalized spacial score (nSPS) is 34.6. The maximum Gasteiger partial charge on any atom is 0.195 e. The lowest BCUT2D eigenvalue weighted by Crippen LogP contribution is -2.42. The van der Waals surface area contributed by atoms with Crippen LogP contribution in [0.5, 0.6) is 0 Å². The van der Waals surface area contributed by atoms with E-state index in [0.29, 0.717) is 12.5 Å². The Morgan fingerprint density at radius 2 is 2.19 bits per heavy atom. The molecule has 0 aliphatic heterocycles. The van der Waals surface area contributed by atoms with Gasteiger partial charge in [0.15, 0.2) is 11.6 Å². The van der Waals surface area contributed by atoms with Gasteiger partial charge in [0, 0.05) is 5.33 Å². The summed E-state index contributed by atoms with van der Waals surface area (Å²) in [7, 11) is 0. The van der Waals surface area contributed by atoms with Crippen LogP contribution in [0.4, 0.5) is 8.78 Å². The highest BCUT2D eigenvalue weighted by Crippen LogP contribution is 2.39. The Labute approximate surface area is 101 Å². The highest BCUT2D eigenvalue weighted by Gasteiger charge is 2.43. The lowest BCUT2D eigenvalue weighted by atomic mass is 9.94. The fraction of sp³-hybridized carbons (Fsp3) is 0.636. The van der Waals surface area contributed by atoms with Gasteiger partial charge < -0.3 is 9.84 Å². The number of hydrogen-bond acceptors (Lipinski definition) is 2. The van der Waals surface area contributed by atoms with Crippen LogP contribution in [-0.4, -0.2) is 22.8 Å². The number of halogens is 3. The third-order valence-corrected chi connectivity index (χ3v) is 3.55. The van der Waals surface area contributed by atoms with Gasteiger partial charge in [0.25, 0.3) is 0 Å². The molecule has 0 amide bonds. The van der Waals surface area contributed by atoms with Crippen molar-refractivity contribution in [3.8, 4) is 0 Å². The minimum Gasteiger partial charge on any atom is -0.362 e. The Morgan fingerprint density at radius 1 is 1.50 bits per heavy atom. The predicted molar refractivity (Wildman–Crippen MR) is 59.3 cm³/mol. The quantitative estimate of drug-likeness (QED) is 0.638. The van der Waals surface area contributed by atoms with Gasteiger partial charge in [0.1, 0.15) is 5.83 Å². The van der Waals surface area contributed by atoms with E-state index in [1.165, 1.54) is 6.08 Å². The van der Waals surface area contributed by atoms with Crippen LogP contribution in [0.15, 0.2) is 23.8 Å². The maximum atomic E-state index is 13.5. The molecule has 1 fully saturated rings. The monoisotopic (exact) mass is 294 g/mol. The molecule has 2 nitrogen and oxygen atoms in total. The zero-order chi connectivity index (χ0) is 11.8. The van der Waals surface area contributed by atoms with Gasteiger partial charge in [0.2, 0.25) is 0 Å². The molecule has 0 aromatic rings. The van der Waals surface area contributed by atoms with E-state index in [2.05, 4.69) is 15.9 Å². The maximum absolute atomic E-state index is 13.5. The van der Waals surface area contributed by atoms with Gasteiger partial charge in [-0.1, -0.05) is 15.9 Å². The van der Waals surface area contributed by atoms with Crippen LogP contribution in [0.3, 0.4) is 0 Å². The molecule has 0 heterocycles. The molecule has 0 aromatic heterocycles. The molecule has 1 N–H and O–H groups in total. The van der Waals surface area contributed by atoms with Crippen molar-refractivity contribution in [2.75, 3.05) is 11.9 Å². The molecule has 2 atom stereocenters. The summed E-state index contributed by atoms with van der Waals surface area (Å²) in [6, 6.07) is 0. The molecule has 2 unspecified atom stereocenters. The number of allylic oxidation sites excluding steroid dienone is 2. The average Bonchev–Trinajstić information content (AvgIpc) is 3.06. The Balaban J connectivity index is 2.09. The smallest absolute Gasteiger partial charge is 0.195 e. The van der Waals surface area contributed by atoms with Crippen LogP contribution in [0.2, 0.25) is 0 Å². The second-order valence-corrected chi connectivity index (χ2v) is 4.89. The van der Waals surface area contributed by atoms with Crippen molar-refractivity contribution in [1.29, 1.82) is 0 Å². The number of ether oxygens (including phenoxy) is 1. The van der Waals surface area contributed by atoms with Crippen LogP contribution in [0.1, 0.15) is 12.8 Å². The van der Waals surface area contributed by atoms with Crippen molar-refractivity contribution < 1.29 is 18.6 Å². The van der Waals surface area contributed by atoms with Crippen LogP contribution in [0.25, 0.3) is 0 Å². The van der Waals surface area contributed by atoms with Crippen molar-refractivity contribution in [2.45, 2.75) is 18.6 Å². The number of alkyl halides is 1. The van der Waals surface area contributed by atoms with Gasteiger partial charge >= 0.3 is 0 Å². The van der Waals surface area contributed by atoms with Crippen molar-refractivity contribution >= 4 is 15.9 Å². The SMILES string of the molecule is OC1(OCC2CC2)C=CC(F)=C(F)C1CBr. The second-order valence-electron chi connectivity index (χ2n) is 4.24. The molecule has 0 spiro atoms. The fourth-order valence-electron chi connectivity index (χ4n) is 1.60. The average molecular weight is 295 g/mol. The van der Waals surface area contributed by atoms with Crippen LogP contribution < -0.4 is 0 Å². The van der Waals surface area contributed by atoms with Crippen molar-refractivity contribution in [2.24, 2.45) is 11.8 Å². The van der Waals surface area contributed by atoms with Crippen LogP contribution in [-0.2, 0) is 4.74 Å². The van der Waals surface area contributed by atoms with E-state index in [1.54, 1.807) is 0 Å². The first-order chi connectivity index (χ1) is 7.57. The predicted octanol–water partition coefficient (Wildman–Crippen LogP) is 2.83. The standard InChI is InChI=1S/C11H13BrF2O2/c12-5-8-10(14)9(13)3-4-11(8,15)16-6-7-1-2-7/h3-4,7-8,15H,1-2,5-6H2. The lowest BCUT2D eigenvalue weighted by Gasteiger charge is -2.33. The lowest BCUT2D eigenvalue weighted by molar-refractivity contribution is -0.196. The Bertz CT molecular complexity index is 339. The molecule has 0 bridgehead atoms. The third kappa shape index (κ3) is 2.36. The third-order valence-electron chi connectivity index (χ3n) is 2.90. The van der Waals surface area contributed by atoms with Crippen molar-refractivity contribution in [3.63, 3.8) is 0 Å². The van der Waals surface area contributed by atoms with E-state index in [9.17, 15) is 13.9 Å². The minimum atomic E-state index is -1.73. The van der Waals surface area contributed by atoms with Crippen LogP contribution in [0, 0.1) is 11.8 Å². The van der Waals surface area contributed by atoms with Gasteiger partial charge in [0.05, 0.1) is 12.5 Å². The first kappa shape index (κ1) is 12.2. The first-order valence-corrected chi connectivity index (χ1v) is 6.35. The molecule has 1 saturated carbocycles. The Kier molecular flexibility index (Phi) is 3.47. The molecule has 0 radical (unpaired) electrons. The highest BCUT2D eigenvalue weighted by atomic mass is 79.9. The number of rotatable bonds is 4. The summed E-state index contributed by atoms with van der Waals surface area (Å²) in [5, 5.41) is 10.2. The Morgan fingerprint density at radius 3 is 2.75 bits per heavy atom. The van der Waals surface area contributed by atoms with Crippen LogP contribution >= 0.6 is 15.9 Å². The summed E-state index contributed by atoms with van der Waals surface area (Å²) in [5.74, 6) is -4.20. The van der Waals surface area contributed by atoms with E-state index in [-0.39, 0.29) is 5.33 Å². The molecule has 2 aliphatic rings. The highest BCUT2D eigenvalue weighted by molar-refractivity contribution is 9.09. The largest absolute Gasteiger partial charge is 0.362 e. The van der Waals surface area contributed by atoms with E-state index < -0.39 is 23.4 Å². The topological polar surface area (TPSA) is 29.5 Å². The van der Waals surface area contributed by atoms with Gasteiger partial charge in [-0.25, -0.2) is 8.78 Å². The molecule has 2 aliphatic carbocycles. The first-order valence-electron chi connectivity index (χ1n) is 5.23. The molecule has 0 saturated heterocycles. The summed E-state index contributed by atoms with van der Waals surface area (Å²) in [6.07, 6.45) is 4.25. The van der Waals surface area contributed by atoms with Gasteiger partial charge in [-0.15, -0.1) is 0 Å². The van der Waals surface area contributed by atoms with Gasteiger partial charge in [-0.05, 0) is 30.9 Å². The molecule has 0 aromatic carbocycles. The molecule has 16 heavy (non-hydrogen) atoms. The zero-order valence-electron chi connectivity index (χ0n) is 8.63. The molecule has 90 valence electrons. The molecule has 2 rings (SSSR count). The fourth-order valence-corrected chi connectivity index (χ4v) is 2.35. The summed E-state index contributed by atoms with van der Waals surface area (Å²) >= 11 is 3.06. The van der Waals surface area contributed by atoms with Crippen molar-refractivity contribution in [1.82, 2.24) is 0 Å². The van der Waals surface area contributed by atoms with Crippen molar-refractivity contribution in [3.05, 3.63) is 23.8 Å². The molecule has 5 heteroatoms. The summed E-state index contributed by atoms with van der Waals surface area (Å²) in [4.78, 5) is 0. The molecular weight excluding hydrogens is 282 g/mol. The van der Waals surface area contributed by atoms with E-state index >= 15 is 0 Å². The summed E-state index contributed by atoms with van der Waals surface area (Å²) in [6.45, 7) is 0.388. The second kappa shape index (κ2) is 4.55. The minimum absolute atomic E-state index is 0.109. The van der Waals surface area contributed by atoms with Gasteiger partial charge in [-0.2, -0.15) is 0 Å². The van der Waals surface area contributed by atoms with E-state index in [0.717, 1.165) is 18.9 Å². The van der Waals surface area contributed by atoms with E-state index in [1.807, 2.05) is 0 Å². The molecular formula is C11H13BrF2O2. The number of aliphatic hydroxyl groups is 1.